The van der Waals surface area contributed by atoms with Crippen LogP contribution >= 0.6 is 11.3 Å². The third-order valence-electron chi connectivity index (χ3n) is 5.50. The van der Waals surface area contributed by atoms with E-state index >= 15 is 0 Å². The maximum Gasteiger partial charge on any atom is 0.322 e. The normalized spacial score (nSPS) is 10.9. The minimum absolute atomic E-state index is 0.0364. The molecule has 0 unspecified atom stereocenters. The Morgan fingerprint density at radius 3 is 2.29 bits per heavy atom. The van der Waals surface area contributed by atoms with Crippen molar-refractivity contribution in [2.45, 2.75) is 47.2 Å². The molecule has 0 atom stereocenters. The lowest BCUT2D eigenvalue weighted by Gasteiger charge is -2.29. The van der Waals surface area contributed by atoms with Gasteiger partial charge in [0.2, 0.25) is 5.91 Å². The van der Waals surface area contributed by atoms with E-state index in [2.05, 4.69) is 45.1 Å². The van der Waals surface area contributed by atoms with Crippen molar-refractivity contribution in [3.05, 3.63) is 87.6 Å². The summed E-state index contributed by atoms with van der Waals surface area (Å²) in [5.74, 6) is 0.177. The van der Waals surface area contributed by atoms with Crippen LogP contribution in [0.4, 0.5) is 10.5 Å². The lowest BCUT2D eigenvalue weighted by molar-refractivity contribution is -0.133. The van der Waals surface area contributed by atoms with Crippen LogP contribution < -0.4 is 5.32 Å². The minimum atomic E-state index is -0.248. The number of aryl methyl sites for hydroxylation is 2. The summed E-state index contributed by atoms with van der Waals surface area (Å²) in [6, 6.07) is 21.7. The molecule has 0 aliphatic heterocycles. The third-order valence-corrected chi connectivity index (χ3v) is 6.48. The first kappa shape index (κ1) is 25.5. The van der Waals surface area contributed by atoms with Gasteiger partial charge in [-0.2, -0.15) is 0 Å². The first-order valence-electron chi connectivity index (χ1n) is 11.9. The third kappa shape index (κ3) is 7.73. The van der Waals surface area contributed by atoms with Crippen molar-refractivity contribution < 1.29 is 9.59 Å². The summed E-state index contributed by atoms with van der Waals surface area (Å²) in [6.07, 6.45) is 0.897. The van der Waals surface area contributed by atoms with E-state index in [0.717, 1.165) is 28.1 Å². The summed E-state index contributed by atoms with van der Waals surface area (Å²) in [6.45, 7) is 9.84. The van der Waals surface area contributed by atoms with Gasteiger partial charge in [-0.25, -0.2) is 4.79 Å². The Morgan fingerprint density at radius 2 is 1.65 bits per heavy atom. The summed E-state index contributed by atoms with van der Waals surface area (Å²) >= 11 is 1.70. The van der Waals surface area contributed by atoms with Crippen molar-refractivity contribution in [2.24, 2.45) is 5.92 Å². The average Bonchev–Trinajstić information content (AvgIpc) is 3.23. The van der Waals surface area contributed by atoms with Crippen LogP contribution in [-0.2, 0) is 24.3 Å². The predicted octanol–water partition coefficient (Wildman–Crippen LogP) is 6.34. The second kappa shape index (κ2) is 12.4. The molecule has 34 heavy (non-hydrogen) atoms. The molecule has 1 heterocycles. The van der Waals surface area contributed by atoms with Crippen molar-refractivity contribution in [2.75, 3.05) is 18.4 Å². The smallest absolute Gasteiger partial charge is 0.322 e. The van der Waals surface area contributed by atoms with Gasteiger partial charge in [-0.3, -0.25) is 4.79 Å². The Bertz CT molecular complexity index is 1080. The van der Waals surface area contributed by atoms with E-state index in [1.165, 1.54) is 4.88 Å². The van der Waals surface area contributed by atoms with E-state index in [9.17, 15) is 9.59 Å². The zero-order chi connectivity index (χ0) is 24.5. The zero-order valence-corrected chi connectivity index (χ0v) is 21.4. The number of carbonyl (C=O) groups is 2. The standard InChI is InChI=1S/C28H35N3O2S/c1-5-23-12-9-13-25(16-23)29-28(33)31(17-21(2)3)20-27(32)30(18-24-10-7-6-8-11-24)19-26-15-14-22(4)34-26/h6-16,21H,5,17-20H2,1-4H3,(H,29,33). The number of anilines is 1. The fraction of sp³-hybridized carbons (Fsp3) is 0.357. The molecular formula is C28H35N3O2S. The highest BCUT2D eigenvalue weighted by Gasteiger charge is 2.23. The number of urea groups is 1. The van der Waals surface area contributed by atoms with Crippen LogP contribution in [-0.4, -0.2) is 34.8 Å². The van der Waals surface area contributed by atoms with Gasteiger partial charge >= 0.3 is 6.03 Å². The molecule has 2 aromatic carbocycles. The van der Waals surface area contributed by atoms with Crippen molar-refractivity contribution in [1.82, 2.24) is 9.80 Å². The molecular weight excluding hydrogens is 442 g/mol. The summed E-state index contributed by atoms with van der Waals surface area (Å²) in [7, 11) is 0. The monoisotopic (exact) mass is 477 g/mol. The Hall–Kier alpha value is -3.12. The zero-order valence-electron chi connectivity index (χ0n) is 20.6. The largest absolute Gasteiger partial charge is 0.332 e. The van der Waals surface area contributed by atoms with Crippen molar-refractivity contribution in [3.8, 4) is 0 Å². The fourth-order valence-electron chi connectivity index (χ4n) is 3.79. The van der Waals surface area contributed by atoms with Crippen LogP contribution in [0.15, 0.2) is 66.7 Å². The molecule has 0 aliphatic carbocycles. The van der Waals surface area contributed by atoms with Crippen molar-refractivity contribution in [1.29, 1.82) is 0 Å². The quantitative estimate of drug-likeness (QED) is 0.370. The number of thiophene rings is 1. The lowest BCUT2D eigenvalue weighted by atomic mass is 10.1. The van der Waals surface area contributed by atoms with E-state index in [-0.39, 0.29) is 24.4 Å². The summed E-state index contributed by atoms with van der Waals surface area (Å²) in [5.41, 5.74) is 2.98. The Morgan fingerprint density at radius 1 is 0.912 bits per heavy atom. The van der Waals surface area contributed by atoms with Gasteiger partial charge in [0.25, 0.3) is 0 Å². The Labute approximate surface area is 207 Å². The van der Waals surface area contributed by atoms with Crippen LogP contribution in [0.5, 0.6) is 0 Å². The number of nitrogens with one attached hydrogen (secondary N) is 1. The number of hydrogen-bond acceptors (Lipinski definition) is 3. The summed E-state index contributed by atoms with van der Waals surface area (Å²) in [4.78, 5) is 32.5. The predicted molar refractivity (Wildman–Crippen MR) is 141 cm³/mol. The van der Waals surface area contributed by atoms with Gasteiger partial charge in [-0.15, -0.1) is 11.3 Å². The van der Waals surface area contributed by atoms with Crippen LogP contribution in [0.3, 0.4) is 0 Å². The van der Waals surface area contributed by atoms with Crippen LogP contribution in [0, 0.1) is 12.8 Å². The van der Waals surface area contributed by atoms with Gasteiger partial charge in [-0.1, -0.05) is 63.2 Å². The molecule has 3 aromatic rings. The molecule has 1 aromatic heterocycles. The molecule has 0 saturated carbocycles. The molecule has 0 radical (unpaired) electrons. The number of nitrogens with zero attached hydrogens (tertiary/aromatic N) is 2. The second-order valence-electron chi connectivity index (χ2n) is 9.01. The molecule has 1 N–H and O–H groups in total. The van der Waals surface area contributed by atoms with Crippen molar-refractivity contribution >= 4 is 29.0 Å². The van der Waals surface area contributed by atoms with Crippen molar-refractivity contribution in [3.63, 3.8) is 0 Å². The number of benzene rings is 2. The highest BCUT2D eigenvalue weighted by molar-refractivity contribution is 7.11. The molecule has 3 amide bonds. The van der Waals surface area contributed by atoms with E-state index in [1.54, 1.807) is 16.2 Å². The highest BCUT2D eigenvalue weighted by atomic mass is 32.1. The highest BCUT2D eigenvalue weighted by Crippen LogP contribution is 2.19. The fourth-order valence-corrected chi connectivity index (χ4v) is 4.70. The molecule has 0 aliphatic rings. The van der Waals surface area contributed by atoms with Gasteiger partial charge in [0.15, 0.2) is 0 Å². The molecule has 0 bridgehead atoms. The van der Waals surface area contributed by atoms with Gasteiger partial charge in [-0.05, 0) is 54.7 Å². The number of amides is 3. The first-order chi connectivity index (χ1) is 16.3. The molecule has 6 heteroatoms. The lowest BCUT2D eigenvalue weighted by Crippen LogP contribution is -2.45. The minimum Gasteiger partial charge on any atom is -0.332 e. The van der Waals surface area contributed by atoms with Crippen LogP contribution in [0.25, 0.3) is 0 Å². The SMILES string of the molecule is CCc1cccc(NC(=O)N(CC(=O)N(Cc2ccccc2)Cc2ccc(C)s2)CC(C)C)c1. The molecule has 0 saturated heterocycles. The van der Waals surface area contributed by atoms with E-state index in [0.29, 0.717) is 19.6 Å². The van der Waals surface area contributed by atoms with Gasteiger partial charge in [0, 0.05) is 28.5 Å². The maximum absolute atomic E-state index is 13.5. The van der Waals surface area contributed by atoms with Gasteiger partial charge in [0.1, 0.15) is 6.54 Å². The van der Waals surface area contributed by atoms with Gasteiger partial charge < -0.3 is 15.1 Å². The van der Waals surface area contributed by atoms with E-state index in [1.807, 2.05) is 59.5 Å². The second-order valence-corrected chi connectivity index (χ2v) is 10.4. The summed E-state index contributed by atoms with van der Waals surface area (Å²) < 4.78 is 0. The van der Waals surface area contributed by atoms with E-state index < -0.39 is 0 Å². The number of carbonyl (C=O) groups excluding carboxylic acids is 2. The summed E-state index contributed by atoms with van der Waals surface area (Å²) in [5, 5.41) is 2.99. The topological polar surface area (TPSA) is 52.7 Å². The first-order valence-corrected chi connectivity index (χ1v) is 12.7. The molecule has 0 spiro atoms. The van der Waals surface area contributed by atoms with Gasteiger partial charge in [0.05, 0.1) is 6.54 Å². The molecule has 3 rings (SSSR count). The number of rotatable bonds is 10. The number of hydrogen-bond donors (Lipinski definition) is 1. The Kier molecular flexibility index (Phi) is 9.28. The molecule has 0 fully saturated rings. The molecule has 5 nitrogen and oxygen atoms in total. The van der Waals surface area contributed by atoms with Crippen LogP contribution in [0.2, 0.25) is 0 Å². The van der Waals surface area contributed by atoms with Crippen LogP contribution in [0.1, 0.15) is 41.7 Å². The average molecular weight is 478 g/mol. The Balaban J connectivity index is 1.76. The maximum atomic E-state index is 13.5. The van der Waals surface area contributed by atoms with E-state index in [4.69, 9.17) is 0 Å². The molecule has 180 valence electrons.